The van der Waals surface area contributed by atoms with E-state index in [1.54, 1.807) is 0 Å². The Morgan fingerprint density at radius 2 is 2.00 bits per heavy atom. The van der Waals surface area contributed by atoms with E-state index in [2.05, 4.69) is 24.6 Å². The summed E-state index contributed by atoms with van der Waals surface area (Å²) in [6.07, 6.45) is 5.72. The minimum atomic E-state index is 0. The van der Waals surface area contributed by atoms with Gasteiger partial charge in [0.1, 0.15) is 0 Å². The van der Waals surface area contributed by atoms with Crippen LogP contribution < -0.4 is 10.2 Å². The fourth-order valence-electron chi connectivity index (χ4n) is 2.13. The summed E-state index contributed by atoms with van der Waals surface area (Å²) in [6, 6.07) is 0. The van der Waals surface area contributed by atoms with Crippen molar-refractivity contribution in [1.82, 2.24) is 19.7 Å². The van der Waals surface area contributed by atoms with Gasteiger partial charge in [-0.3, -0.25) is 4.40 Å². The Morgan fingerprint density at radius 1 is 1.24 bits per heavy atom. The van der Waals surface area contributed by atoms with Crippen LogP contribution in [-0.4, -0.2) is 40.5 Å². The molecule has 6 heteroatoms. The molecule has 2 aromatic heterocycles. The minimum absolute atomic E-state index is 0. The molecule has 1 aliphatic heterocycles. The van der Waals surface area contributed by atoms with Gasteiger partial charge in [0.25, 0.3) is 0 Å². The second-order valence-electron chi connectivity index (χ2n) is 4.08. The predicted molar refractivity (Wildman–Crippen MR) is 70.1 cm³/mol. The van der Waals surface area contributed by atoms with Gasteiger partial charge in [0.05, 0.1) is 0 Å². The molecule has 0 aromatic carbocycles. The molecule has 0 aliphatic carbocycles. The molecule has 0 radical (unpaired) electrons. The second-order valence-corrected chi connectivity index (χ2v) is 4.08. The highest BCUT2D eigenvalue weighted by atomic mass is 35.5. The molecule has 1 aliphatic rings. The largest absolute Gasteiger partial charge is 0.351 e. The first-order chi connectivity index (χ1) is 7.86. The SMILES string of the molecule is Cc1cnc(N2CCNCC2)c2nccn12.Cl. The lowest BCUT2D eigenvalue weighted by atomic mass is 10.3. The molecule has 17 heavy (non-hydrogen) atoms. The first-order valence-electron chi connectivity index (χ1n) is 5.60. The molecule has 1 saturated heterocycles. The van der Waals surface area contributed by atoms with Gasteiger partial charge in [-0.2, -0.15) is 0 Å². The van der Waals surface area contributed by atoms with Crippen molar-refractivity contribution >= 4 is 23.9 Å². The van der Waals surface area contributed by atoms with Crippen molar-refractivity contribution < 1.29 is 0 Å². The minimum Gasteiger partial charge on any atom is -0.351 e. The molecule has 5 nitrogen and oxygen atoms in total. The van der Waals surface area contributed by atoms with Crippen molar-refractivity contribution in [2.24, 2.45) is 0 Å². The van der Waals surface area contributed by atoms with Crippen molar-refractivity contribution in [1.29, 1.82) is 0 Å². The van der Waals surface area contributed by atoms with E-state index in [-0.39, 0.29) is 12.4 Å². The van der Waals surface area contributed by atoms with Gasteiger partial charge in [0, 0.05) is 50.5 Å². The molecule has 0 spiro atoms. The van der Waals surface area contributed by atoms with Crippen LogP contribution in [0.15, 0.2) is 18.6 Å². The third-order valence-electron chi connectivity index (χ3n) is 3.01. The van der Waals surface area contributed by atoms with Crippen LogP contribution in [0.25, 0.3) is 5.65 Å². The smallest absolute Gasteiger partial charge is 0.180 e. The normalized spacial score (nSPS) is 15.9. The van der Waals surface area contributed by atoms with Crippen LogP contribution in [0, 0.1) is 6.92 Å². The van der Waals surface area contributed by atoms with E-state index in [1.807, 2.05) is 25.5 Å². The molecule has 0 unspecified atom stereocenters. The Hall–Kier alpha value is -1.33. The van der Waals surface area contributed by atoms with Crippen LogP contribution in [0.4, 0.5) is 5.82 Å². The summed E-state index contributed by atoms with van der Waals surface area (Å²) in [5.74, 6) is 0.997. The number of nitrogens with one attached hydrogen (secondary N) is 1. The van der Waals surface area contributed by atoms with Crippen LogP contribution in [0.3, 0.4) is 0 Å². The first-order valence-corrected chi connectivity index (χ1v) is 5.60. The highest BCUT2D eigenvalue weighted by Gasteiger charge is 2.16. The molecular weight excluding hydrogens is 238 g/mol. The molecule has 3 heterocycles. The number of piperazine rings is 1. The number of aryl methyl sites for hydroxylation is 1. The lowest BCUT2D eigenvalue weighted by Crippen LogP contribution is -2.44. The summed E-state index contributed by atoms with van der Waals surface area (Å²) in [4.78, 5) is 11.2. The molecule has 92 valence electrons. The van der Waals surface area contributed by atoms with Gasteiger partial charge in [0.2, 0.25) is 0 Å². The van der Waals surface area contributed by atoms with Gasteiger partial charge in [-0.1, -0.05) is 0 Å². The molecule has 0 saturated carbocycles. The summed E-state index contributed by atoms with van der Waals surface area (Å²) in [5, 5.41) is 3.34. The number of hydrogen-bond acceptors (Lipinski definition) is 4. The third-order valence-corrected chi connectivity index (χ3v) is 3.01. The molecule has 3 rings (SSSR count). The van der Waals surface area contributed by atoms with Crippen molar-refractivity contribution in [2.75, 3.05) is 31.1 Å². The zero-order chi connectivity index (χ0) is 11.0. The van der Waals surface area contributed by atoms with E-state index in [1.165, 1.54) is 0 Å². The molecule has 2 aromatic rings. The van der Waals surface area contributed by atoms with Crippen LogP contribution in [0.1, 0.15) is 5.69 Å². The Bertz CT molecular complexity index is 504. The molecule has 0 amide bonds. The van der Waals surface area contributed by atoms with Gasteiger partial charge in [-0.05, 0) is 6.92 Å². The summed E-state index contributed by atoms with van der Waals surface area (Å²) in [5.41, 5.74) is 2.08. The zero-order valence-corrected chi connectivity index (χ0v) is 10.6. The maximum absolute atomic E-state index is 4.52. The standard InChI is InChI=1S/C11H15N5.ClH/c1-9-8-14-10(11-13-4-7-16(9)11)15-5-2-12-3-6-15;/h4,7-8,12H,2-3,5-6H2,1H3;1H. The maximum Gasteiger partial charge on any atom is 0.180 e. The summed E-state index contributed by atoms with van der Waals surface area (Å²) in [6.45, 7) is 6.07. The fourth-order valence-corrected chi connectivity index (χ4v) is 2.13. The quantitative estimate of drug-likeness (QED) is 0.819. The van der Waals surface area contributed by atoms with Crippen molar-refractivity contribution in [3.8, 4) is 0 Å². The van der Waals surface area contributed by atoms with Crippen LogP contribution in [0.5, 0.6) is 0 Å². The number of rotatable bonds is 1. The van der Waals surface area contributed by atoms with Gasteiger partial charge < -0.3 is 10.2 Å². The van der Waals surface area contributed by atoms with E-state index in [9.17, 15) is 0 Å². The average Bonchev–Trinajstić information content (AvgIpc) is 2.81. The summed E-state index contributed by atoms with van der Waals surface area (Å²) in [7, 11) is 0. The lowest BCUT2D eigenvalue weighted by Gasteiger charge is -2.28. The van der Waals surface area contributed by atoms with Crippen LogP contribution >= 0.6 is 12.4 Å². The average molecular weight is 254 g/mol. The summed E-state index contributed by atoms with van der Waals surface area (Å²) >= 11 is 0. The molecule has 1 N–H and O–H groups in total. The molecular formula is C11H16ClN5. The molecule has 0 atom stereocenters. The van der Waals surface area contributed by atoms with Crippen molar-refractivity contribution in [3.05, 3.63) is 24.3 Å². The Morgan fingerprint density at radius 3 is 2.76 bits per heavy atom. The Labute approximate surface area is 106 Å². The van der Waals surface area contributed by atoms with E-state index in [4.69, 9.17) is 0 Å². The second kappa shape index (κ2) is 4.89. The third kappa shape index (κ3) is 2.08. The van der Waals surface area contributed by atoms with Gasteiger partial charge in [-0.15, -0.1) is 12.4 Å². The number of aromatic nitrogens is 3. The van der Waals surface area contributed by atoms with Crippen LogP contribution in [-0.2, 0) is 0 Å². The van der Waals surface area contributed by atoms with E-state index >= 15 is 0 Å². The maximum atomic E-state index is 4.52. The van der Waals surface area contributed by atoms with Crippen LogP contribution in [0.2, 0.25) is 0 Å². The topological polar surface area (TPSA) is 45.5 Å². The number of fused-ring (bicyclic) bond motifs is 1. The summed E-state index contributed by atoms with van der Waals surface area (Å²) < 4.78 is 2.09. The van der Waals surface area contributed by atoms with E-state index in [0.717, 1.165) is 43.3 Å². The van der Waals surface area contributed by atoms with E-state index in [0.29, 0.717) is 0 Å². The molecule has 0 bridgehead atoms. The monoisotopic (exact) mass is 253 g/mol. The highest BCUT2D eigenvalue weighted by molar-refractivity contribution is 5.85. The number of halogens is 1. The number of anilines is 1. The Balaban J connectivity index is 0.00000108. The highest BCUT2D eigenvalue weighted by Crippen LogP contribution is 2.18. The van der Waals surface area contributed by atoms with Gasteiger partial charge >= 0.3 is 0 Å². The zero-order valence-electron chi connectivity index (χ0n) is 9.76. The van der Waals surface area contributed by atoms with Gasteiger partial charge in [-0.25, -0.2) is 9.97 Å². The lowest BCUT2D eigenvalue weighted by molar-refractivity contribution is 0.585. The fraction of sp³-hybridized carbons (Fsp3) is 0.455. The van der Waals surface area contributed by atoms with Crippen molar-refractivity contribution in [2.45, 2.75) is 6.92 Å². The van der Waals surface area contributed by atoms with Gasteiger partial charge in [0.15, 0.2) is 11.5 Å². The Kier molecular flexibility index (Phi) is 3.49. The number of imidazole rings is 1. The van der Waals surface area contributed by atoms with E-state index < -0.39 is 0 Å². The number of nitrogens with zero attached hydrogens (tertiary/aromatic N) is 4. The predicted octanol–water partition coefficient (Wildman–Crippen LogP) is 0.869. The van der Waals surface area contributed by atoms with Crippen molar-refractivity contribution in [3.63, 3.8) is 0 Å². The molecule has 1 fully saturated rings. The number of hydrogen-bond donors (Lipinski definition) is 1. The first kappa shape index (κ1) is 12.1.